The third-order valence-electron chi connectivity index (χ3n) is 2.35. The average Bonchev–Trinajstić information content (AvgIpc) is 2.97. The molecule has 92 valence electrons. The lowest BCUT2D eigenvalue weighted by Crippen LogP contribution is -2.14. The minimum absolute atomic E-state index is 0.663. The van der Waals surface area contributed by atoms with Crippen LogP contribution in [0.3, 0.4) is 0 Å². The molecule has 2 rings (SSSR count). The smallest absolute Gasteiger partial charge is 0.202 e. The van der Waals surface area contributed by atoms with Gasteiger partial charge < -0.3 is 14.6 Å². The summed E-state index contributed by atoms with van der Waals surface area (Å²) in [6, 6.07) is 0. The first-order valence-electron chi connectivity index (χ1n) is 5.48. The van der Waals surface area contributed by atoms with Crippen LogP contribution in [0.4, 0.5) is 5.95 Å². The van der Waals surface area contributed by atoms with Crippen molar-refractivity contribution in [2.45, 2.75) is 13.1 Å². The van der Waals surface area contributed by atoms with E-state index in [0.29, 0.717) is 6.61 Å². The Labute approximate surface area is 99.4 Å². The van der Waals surface area contributed by atoms with Crippen LogP contribution in [-0.2, 0) is 17.8 Å². The summed E-state index contributed by atoms with van der Waals surface area (Å²) < 4.78 is 8.81. The van der Waals surface area contributed by atoms with E-state index >= 15 is 0 Å². The number of hydrogen-bond acceptors (Lipinski definition) is 5. The number of aryl methyl sites for hydroxylation is 2. The molecule has 7 heteroatoms. The molecule has 2 aromatic rings. The molecule has 0 aliphatic carbocycles. The van der Waals surface area contributed by atoms with Crippen LogP contribution in [0.2, 0.25) is 0 Å². The molecule has 0 spiro atoms. The number of ether oxygens (including phenoxy) is 1. The Hall–Kier alpha value is -1.89. The number of anilines is 1. The summed E-state index contributed by atoms with van der Waals surface area (Å²) in [4.78, 5) is 4.24. The third kappa shape index (κ3) is 3.28. The number of nitrogens with one attached hydrogen (secondary N) is 1. The van der Waals surface area contributed by atoms with Crippen molar-refractivity contribution >= 4 is 5.95 Å². The Morgan fingerprint density at radius 1 is 1.29 bits per heavy atom. The second-order valence-electron chi connectivity index (χ2n) is 3.53. The second-order valence-corrected chi connectivity index (χ2v) is 3.53. The lowest BCUT2D eigenvalue weighted by Gasteiger charge is -2.09. The summed E-state index contributed by atoms with van der Waals surface area (Å²) in [5.74, 6) is 0.849. The Kier molecular flexibility index (Phi) is 4.09. The summed E-state index contributed by atoms with van der Waals surface area (Å²) in [5.41, 5.74) is 0. The van der Waals surface area contributed by atoms with E-state index in [1.165, 1.54) is 0 Å². The van der Waals surface area contributed by atoms with Crippen LogP contribution in [0.5, 0.6) is 0 Å². The van der Waals surface area contributed by atoms with Crippen molar-refractivity contribution in [1.29, 1.82) is 0 Å². The van der Waals surface area contributed by atoms with Gasteiger partial charge in [0.15, 0.2) is 0 Å². The first kappa shape index (κ1) is 11.6. The Morgan fingerprint density at radius 2 is 2.24 bits per heavy atom. The summed E-state index contributed by atoms with van der Waals surface area (Å²) >= 11 is 0. The van der Waals surface area contributed by atoms with Crippen molar-refractivity contribution in [3.63, 3.8) is 0 Å². The molecule has 0 bridgehead atoms. The molecular weight excluding hydrogens is 220 g/mol. The summed E-state index contributed by atoms with van der Waals surface area (Å²) in [6.07, 6.45) is 7.23. The van der Waals surface area contributed by atoms with Crippen molar-refractivity contribution in [2.24, 2.45) is 0 Å². The van der Waals surface area contributed by atoms with Gasteiger partial charge in [0.25, 0.3) is 0 Å². The molecule has 17 heavy (non-hydrogen) atoms. The summed E-state index contributed by atoms with van der Waals surface area (Å²) in [6.45, 7) is 2.99. The van der Waals surface area contributed by atoms with Gasteiger partial charge in [-0.1, -0.05) is 5.21 Å². The fraction of sp³-hybridized carbons (Fsp3) is 0.500. The summed E-state index contributed by atoms with van der Waals surface area (Å²) in [7, 11) is 1.68. The molecule has 0 aliphatic rings. The zero-order chi connectivity index (χ0) is 11.9. The van der Waals surface area contributed by atoms with E-state index in [-0.39, 0.29) is 0 Å². The molecule has 2 aromatic heterocycles. The van der Waals surface area contributed by atoms with Crippen molar-refractivity contribution in [3.8, 4) is 0 Å². The normalized spacial score (nSPS) is 10.6. The first-order chi connectivity index (χ1) is 8.40. The SMILES string of the molecule is COCCNc1nccn1CCn1ccnn1. The van der Waals surface area contributed by atoms with Crippen LogP contribution in [-0.4, -0.2) is 44.8 Å². The van der Waals surface area contributed by atoms with Crippen molar-refractivity contribution in [1.82, 2.24) is 24.5 Å². The monoisotopic (exact) mass is 236 g/mol. The van der Waals surface area contributed by atoms with Crippen molar-refractivity contribution in [3.05, 3.63) is 24.8 Å². The topological polar surface area (TPSA) is 69.8 Å². The Morgan fingerprint density at radius 3 is 3.00 bits per heavy atom. The molecular formula is C10H16N6O. The van der Waals surface area contributed by atoms with Gasteiger partial charge in [-0.3, -0.25) is 4.68 Å². The predicted molar refractivity (Wildman–Crippen MR) is 62.6 cm³/mol. The molecule has 0 radical (unpaired) electrons. The minimum atomic E-state index is 0.663. The number of aromatic nitrogens is 5. The standard InChI is InChI=1S/C10H16N6O/c1-17-9-4-12-10-11-2-5-15(10)7-8-16-6-3-13-14-16/h2-3,5-6H,4,7-9H2,1H3,(H,11,12). The average molecular weight is 236 g/mol. The van der Waals surface area contributed by atoms with Gasteiger partial charge in [0.2, 0.25) is 5.95 Å². The fourth-order valence-electron chi connectivity index (χ4n) is 1.48. The van der Waals surface area contributed by atoms with Gasteiger partial charge >= 0.3 is 0 Å². The fourth-order valence-corrected chi connectivity index (χ4v) is 1.48. The Bertz CT molecular complexity index is 424. The number of imidazole rings is 1. The van der Waals surface area contributed by atoms with Crippen LogP contribution in [0.25, 0.3) is 0 Å². The Balaban J connectivity index is 1.85. The molecule has 0 atom stereocenters. The number of methoxy groups -OCH3 is 1. The molecule has 0 unspecified atom stereocenters. The number of rotatable bonds is 7. The van der Waals surface area contributed by atoms with Gasteiger partial charge in [-0.15, -0.1) is 5.10 Å². The molecule has 2 heterocycles. The molecule has 7 nitrogen and oxygen atoms in total. The van der Waals surface area contributed by atoms with E-state index < -0.39 is 0 Å². The summed E-state index contributed by atoms with van der Waals surface area (Å²) in [5, 5.41) is 10.9. The van der Waals surface area contributed by atoms with E-state index in [2.05, 4.69) is 20.6 Å². The molecule has 0 saturated carbocycles. The van der Waals surface area contributed by atoms with Gasteiger partial charge in [-0.2, -0.15) is 0 Å². The quantitative estimate of drug-likeness (QED) is 0.697. The molecule has 1 N–H and O–H groups in total. The second kappa shape index (κ2) is 6.00. The predicted octanol–water partition coefficient (Wildman–Crippen LogP) is 0.233. The van der Waals surface area contributed by atoms with Crippen LogP contribution in [0, 0.1) is 0 Å². The van der Waals surface area contributed by atoms with E-state index in [9.17, 15) is 0 Å². The highest BCUT2D eigenvalue weighted by Gasteiger charge is 2.01. The van der Waals surface area contributed by atoms with Crippen LogP contribution < -0.4 is 5.32 Å². The molecule has 0 saturated heterocycles. The van der Waals surface area contributed by atoms with Gasteiger partial charge in [0, 0.05) is 38.8 Å². The van der Waals surface area contributed by atoms with E-state index in [1.807, 2.05) is 17.0 Å². The van der Waals surface area contributed by atoms with Gasteiger partial charge in [-0.05, 0) is 0 Å². The zero-order valence-corrected chi connectivity index (χ0v) is 9.78. The van der Waals surface area contributed by atoms with E-state index in [0.717, 1.165) is 25.6 Å². The van der Waals surface area contributed by atoms with Gasteiger partial charge in [-0.25, -0.2) is 4.98 Å². The lowest BCUT2D eigenvalue weighted by atomic mass is 10.6. The maximum Gasteiger partial charge on any atom is 0.202 e. The van der Waals surface area contributed by atoms with Crippen LogP contribution in [0.15, 0.2) is 24.8 Å². The minimum Gasteiger partial charge on any atom is -0.383 e. The lowest BCUT2D eigenvalue weighted by molar-refractivity contribution is 0.210. The maximum absolute atomic E-state index is 4.98. The molecule has 0 amide bonds. The highest BCUT2D eigenvalue weighted by Crippen LogP contribution is 2.04. The van der Waals surface area contributed by atoms with E-state index in [4.69, 9.17) is 4.74 Å². The van der Waals surface area contributed by atoms with Crippen molar-refractivity contribution in [2.75, 3.05) is 25.6 Å². The molecule has 0 aliphatic heterocycles. The molecule has 0 aromatic carbocycles. The largest absolute Gasteiger partial charge is 0.383 e. The number of nitrogens with zero attached hydrogens (tertiary/aromatic N) is 5. The number of hydrogen-bond donors (Lipinski definition) is 1. The van der Waals surface area contributed by atoms with Crippen LogP contribution >= 0.6 is 0 Å². The third-order valence-corrected chi connectivity index (χ3v) is 2.35. The van der Waals surface area contributed by atoms with E-state index in [1.54, 1.807) is 24.2 Å². The van der Waals surface area contributed by atoms with Crippen LogP contribution in [0.1, 0.15) is 0 Å². The van der Waals surface area contributed by atoms with Gasteiger partial charge in [0.1, 0.15) is 0 Å². The highest BCUT2D eigenvalue weighted by atomic mass is 16.5. The first-order valence-corrected chi connectivity index (χ1v) is 5.48. The van der Waals surface area contributed by atoms with Gasteiger partial charge in [0.05, 0.1) is 19.3 Å². The van der Waals surface area contributed by atoms with Crippen molar-refractivity contribution < 1.29 is 4.74 Å². The maximum atomic E-state index is 4.98. The zero-order valence-electron chi connectivity index (χ0n) is 9.78. The molecule has 0 fully saturated rings. The highest BCUT2D eigenvalue weighted by molar-refractivity contribution is 5.25.